The van der Waals surface area contributed by atoms with Crippen molar-refractivity contribution in [2.24, 2.45) is 11.8 Å². The molecule has 0 saturated carbocycles. The maximum atomic E-state index is 11.3. The number of aromatic nitrogens is 1. The Kier molecular flexibility index (Phi) is 3.81. The summed E-state index contributed by atoms with van der Waals surface area (Å²) in [6.07, 6.45) is 2.19. The van der Waals surface area contributed by atoms with Crippen LogP contribution in [0.1, 0.15) is 25.5 Å². The largest absolute Gasteiger partial charge is 0.481 e. The van der Waals surface area contributed by atoms with E-state index in [1.165, 1.54) is 0 Å². The summed E-state index contributed by atoms with van der Waals surface area (Å²) in [5.41, 5.74) is 0.569. The molecule has 1 aromatic heterocycles. The first kappa shape index (κ1) is 13.5. The maximum absolute atomic E-state index is 11.3. The normalized spacial score (nSPS) is 14.5. The predicted octanol–water partition coefficient (Wildman–Crippen LogP) is 2.63. The summed E-state index contributed by atoms with van der Waals surface area (Å²) < 4.78 is 0. The minimum Gasteiger partial charge on any atom is -0.481 e. The Morgan fingerprint density at radius 3 is 2.53 bits per heavy atom. The summed E-state index contributed by atoms with van der Waals surface area (Å²) in [4.78, 5) is 15.4. The van der Waals surface area contributed by atoms with E-state index in [0.29, 0.717) is 5.56 Å². The molecule has 0 fully saturated rings. The molecule has 0 aliphatic rings. The van der Waals surface area contributed by atoms with Crippen LogP contribution >= 0.6 is 0 Å². The van der Waals surface area contributed by atoms with Crippen LogP contribution in [0.3, 0.4) is 0 Å². The van der Waals surface area contributed by atoms with E-state index in [-0.39, 0.29) is 5.92 Å². The predicted molar refractivity (Wildman–Crippen MR) is 72.7 cm³/mol. The Hall–Kier alpha value is -1.94. The highest BCUT2D eigenvalue weighted by atomic mass is 16.4. The van der Waals surface area contributed by atoms with Crippen molar-refractivity contribution in [3.05, 3.63) is 42.2 Å². The van der Waals surface area contributed by atoms with Crippen LogP contribution in [0.25, 0.3) is 10.8 Å². The average Bonchev–Trinajstić information content (AvgIpc) is 2.37. The third kappa shape index (κ3) is 2.58. The average molecular weight is 259 g/mol. The van der Waals surface area contributed by atoms with Crippen LogP contribution in [0.5, 0.6) is 0 Å². The first-order valence-electron chi connectivity index (χ1n) is 6.26. The van der Waals surface area contributed by atoms with Crippen molar-refractivity contribution < 1.29 is 15.0 Å². The molecule has 2 aromatic rings. The van der Waals surface area contributed by atoms with Gasteiger partial charge in [-0.2, -0.15) is 0 Å². The summed E-state index contributed by atoms with van der Waals surface area (Å²) in [6.45, 7) is 3.58. The van der Waals surface area contributed by atoms with Gasteiger partial charge < -0.3 is 10.2 Å². The second kappa shape index (κ2) is 5.36. The van der Waals surface area contributed by atoms with Gasteiger partial charge in [0.25, 0.3) is 0 Å². The number of carboxylic acids is 1. The number of nitrogens with zero attached hydrogens (tertiary/aromatic N) is 1. The molecule has 2 N–H and O–H groups in total. The molecule has 0 spiro atoms. The molecule has 2 atom stereocenters. The van der Waals surface area contributed by atoms with Crippen molar-refractivity contribution in [3.8, 4) is 0 Å². The highest BCUT2D eigenvalue weighted by Gasteiger charge is 2.31. The number of hydrogen-bond acceptors (Lipinski definition) is 3. The Morgan fingerprint density at radius 2 is 1.89 bits per heavy atom. The van der Waals surface area contributed by atoms with Crippen molar-refractivity contribution >= 4 is 16.7 Å². The Balaban J connectivity index is 2.51. The molecule has 1 aromatic carbocycles. The second-order valence-corrected chi connectivity index (χ2v) is 5.00. The molecule has 0 aliphatic heterocycles. The summed E-state index contributed by atoms with van der Waals surface area (Å²) in [7, 11) is 0. The molecule has 0 saturated heterocycles. The Labute approximate surface area is 111 Å². The van der Waals surface area contributed by atoms with Gasteiger partial charge in [-0.05, 0) is 11.3 Å². The van der Waals surface area contributed by atoms with E-state index in [9.17, 15) is 15.0 Å². The van der Waals surface area contributed by atoms with E-state index in [4.69, 9.17) is 0 Å². The van der Waals surface area contributed by atoms with Crippen molar-refractivity contribution in [2.45, 2.75) is 20.0 Å². The van der Waals surface area contributed by atoms with Crippen LogP contribution in [-0.4, -0.2) is 21.2 Å². The lowest BCUT2D eigenvalue weighted by atomic mass is 9.85. The fraction of sp³-hybridized carbons (Fsp3) is 0.333. The lowest BCUT2D eigenvalue weighted by Crippen LogP contribution is -2.27. The van der Waals surface area contributed by atoms with Gasteiger partial charge in [0.05, 0.1) is 12.0 Å². The van der Waals surface area contributed by atoms with Crippen LogP contribution in [0.2, 0.25) is 0 Å². The van der Waals surface area contributed by atoms with Crippen molar-refractivity contribution in [1.82, 2.24) is 4.98 Å². The van der Waals surface area contributed by atoms with Gasteiger partial charge in [0.1, 0.15) is 0 Å². The van der Waals surface area contributed by atoms with E-state index >= 15 is 0 Å². The number of rotatable bonds is 4. The second-order valence-electron chi connectivity index (χ2n) is 5.00. The lowest BCUT2D eigenvalue weighted by molar-refractivity contribution is -0.148. The summed E-state index contributed by atoms with van der Waals surface area (Å²) in [5.74, 6) is -1.99. The third-order valence-electron chi connectivity index (χ3n) is 3.36. The zero-order chi connectivity index (χ0) is 14.0. The Bertz CT molecular complexity index is 589. The van der Waals surface area contributed by atoms with Gasteiger partial charge in [0, 0.05) is 23.3 Å². The fourth-order valence-electron chi connectivity index (χ4n) is 2.35. The number of pyridine rings is 1. The SMILES string of the molecule is CC(C)C(C(=O)O)C(O)c1cncc2ccccc12. The molecule has 0 aliphatic carbocycles. The molecule has 2 unspecified atom stereocenters. The minimum atomic E-state index is -1.06. The molecule has 1 heterocycles. The van der Waals surface area contributed by atoms with Crippen LogP contribution < -0.4 is 0 Å². The zero-order valence-electron chi connectivity index (χ0n) is 10.9. The quantitative estimate of drug-likeness (QED) is 0.885. The molecule has 0 radical (unpaired) electrons. The molecular weight excluding hydrogens is 242 g/mol. The molecular formula is C15H17NO3. The van der Waals surface area contributed by atoms with Crippen LogP contribution in [0, 0.1) is 11.8 Å². The van der Waals surface area contributed by atoms with Gasteiger partial charge in [-0.1, -0.05) is 38.1 Å². The zero-order valence-corrected chi connectivity index (χ0v) is 10.9. The Morgan fingerprint density at radius 1 is 1.21 bits per heavy atom. The molecule has 100 valence electrons. The standard InChI is InChI=1S/C15H17NO3/c1-9(2)13(15(18)19)14(17)12-8-16-7-10-5-3-4-6-11(10)12/h3-9,13-14,17H,1-2H3,(H,18,19). The lowest BCUT2D eigenvalue weighted by Gasteiger charge is -2.23. The number of carbonyl (C=O) groups is 1. The number of aliphatic hydroxyl groups is 1. The smallest absolute Gasteiger partial charge is 0.309 e. The van der Waals surface area contributed by atoms with Gasteiger partial charge in [-0.15, -0.1) is 0 Å². The number of benzene rings is 1. The number of carboxylic acid groups (broad SMARTS) is 1. The van der Waals surface area contributed by atoms with E-state index in [1.807, 2.05) is 24.3 Å². The molecule has 0 bridgehead atoms. The van der Waals surface area contributed by atoms with E-state index in [1.54, 1.807) is 26.2 Å². The summed E-state index contributed by atoms with van der Waals surface area (Å²) in [6, 6.07) is 7.51. The summed E-state index contributed by atoms with van der Waals surface area (Å²) >= 11 is 0. The van der Waals surface area contributed by atoms with Crippen molar-refractivity contribution in [2.75, 3.05) is 0 Å². The number of fused-ring (bicyclic) bond motifs is 1. The highest BCUT2D eigenvalue weighted by molar-refractivity contribution is 5.85. The van der Waals surface area contributed by atoms with Crippen LogP contribution in [0.15, 0.2) is 36.7 Å². The van der Waals surface area contributed by atoms with Crippen LogP contribution in [0.4, 0.5) is 0 Å². The number of hydrogen-bond donors (Lipinski definition) is 2. The number of aliphatic hydroxyl groups excluding tert-OH is 1. The monoisotopic (exact) mass is 259 g/mol. The minimum absolute atomic E-state index is 0.161. The summed E-state index contributed by atoms with van der Waals surface area (Å²) in [5, 5.41) is 21.4. The highest BCUT2D eigenvalue weighted by Crippen LogP contribution is 2.32. The first-order chi connectivity index (χ1) is 9.02. The van der Waals surface area contributed by atoms with E-state index in [0.717, 1.165) is 10.8 Å². The van der Waals surface area contributed by atoms with Gasteiger partial charge >= 0.3 is 5.97 Å². The molecule has 4 heteroatoms. The molecule has 0 amide bonds. The van der Waals surface area contributed by atoms with Crippen molar-refractivity contribution in [1.29, 1.82) is 0 Å². The molecule has 19 heavy (non-hydrogen) atoms. The molecule has 2 rings (SSSR count). The van der Waals surface area contributed by atoms with Gasteiger partial charge in [0.2, 0.25) is 0 Å². The topological polar surface area (TPSA) is 70.4 Å². The fourth-order valence-corrected chi connectivity index (χ4v) is 2.35. The molecule has 4 nitrogen and oxygen atoms in total. The van der Waals surface area contributed by atoms with E-state index in [2.05, 4.69) is 4.98 Å². The first-order valence-corrected chi connectivity index (χ1v) is 6.26. The van der Waals surface area contributed by atoms with Gasteiger partial charge in [0.15, 0.2) is 0 Å². The third-order valence-corrected chi connectivity index (χ3v) is 3.36. The maximum Gasteiger partial charge on any atom is 0.309 e. The van der Waals surface area contributed by atoms with Crippen molar-refractivity contribution in [3.63, 3.8) is 0 Å². The van der Waals surface area contributed by atoms with Gasteiger partial charge in [-0.3, -0.25) is 9.78 Å². The van der Waals surface area contributed by atoms with Gasteiger partial charge in [-0.25, -0.2) is 0 Å². The van der Waals surface area contributed by atoms with E-state index < -0.39 is 18.0 Å². The van der Waals surface area contributed by atoms with Crippen LogP contribution in [-0.2, 0) is 4.79 Å². The number of aliphatic carboxylic acids is 1.